The molecule has 134 valence electrons. The fraction of sp³-hybridized carbons (Fsp3) is 0.778. The molecule has 3 heterocycles. The highest BCUT2D eigenvalue weighted by Crippen LogP contribution is 2.31. The Morgan fingerprint density at radius 2 is 1.92 bits per heavy atom. The van der Waals surface area contributed by atoms with E-state index in [4.69, 9.17) is 0 Å². The van der Waals surface area contributed by atoms with Gasteiger partial charge in [0.2, 0.25) is 0 Å². The lowest BCUT2D eigenvalue weighted by atomic mass is 10.0. The molecule has 2 aliphatic heterocycles. The quantitative estimate of drug-likeness (QED) is 0.836. The summed E-state index contributed by atoms with van der Waals surface area (Å²) in [6, 6.07) is 2.13. The van der Waals surface area contributed by atoms with Crippen LogP contribution in [0, 0.1) is 5.92 Å². The third kappa shape index (κ3) is 3.44. The van der Waals surface area contributed by atoms with Gasteiger partial charge in [-0.2, -0.15) is 0 Å². The minimum absolute atomic E-state index is 0.0942. The molecule has 0 radical (unpaired) electrons. The lowest BCUT2D eigenvalue weighted by Gasteiger charge is -2.41. The molecule has 0 bridgehead atoms. The number of hydrogen-bond donors (Lipinski definition) is 0. The third-order valence-electron chi connectivity index (χ3n) is 5.74. The van der Waals surface area contributed by atoms with Gasteiger partial charge >= 0.3 is 0 Å². The smallest absolute Gasteiger partial charge is 0.134 e. The second-order valence-corrected chi connectivity index (χ2v) is 9.25. The molecule has 2 fully saturated rings. The van der Waals surface area contributed by atoms with Gasteiger partial charge in [-0.1, -0.05) is 20.8 Å². The first kappa shape index (κ1) is 17.6. The average Bonchev–Trinajstić information content (AvgIpc) is 2.62. The predicted octanol–water partition coefficient (Wildman–Crippen LogP) is 2.84. The molecule has 0 amide bonds. The lowest BCUT2D eigenvalue weighted by molar-refractivity contribution is 0.444. The van der Waals surface area contributed by atoms with Crippen LogP contribution in [0.15, 0.2) is 12.4 Å². The zero-order chi connectivity index (χ0) is 17.2. The molecule has 3 rings (SSSR count). The first-order valence-corrected chi connectivity index (χ1v) is 10.6. The SMILES string of the molecule is CCC1(CC)CN(c2cc(N3CCCC(C)C3)ncn2)CCS1=O. The number of piperidine rings is 1. The molecular weight excluding hydrogens is 320 g/mol. The molecule has 2 saturated heterocycles. The summed E-state index contributed by atoms with van der Waals surface area (Å²) >= 11 is 0. The minimum atomic E-state index is -0.741. The van der Waals surface area contributed by atoms with Gasteiger partial charge in [0.25, 0.3) is 0 Å². The van der Waals surface area contributed by atoms with Crippen molar-refractivity contribution in [3.8, 4) is 0 Å². The second kappa shape index (κ2) is 7.38. The van der Waals surface area contributed by atoms with Crippen molar-refractivity contribution < 1.29 is 4.21 Å². The first-order chi connectivity index (χ1) is 11.6. The summed E-state index contributed by atoms with van der Waals surface area (Å²) < 4.78 is 12.5. The highest BCUT2D eigenvalue weighted by Gasteiger charge is 2.39. The van der Waals surface area contributed by atoms with Gasteiger partial charge in [-0.25, -0.2) is 9.97 Å². The molecule has 2 atom stereocenters. The van der Waals surface area contributed by atoms with Crippen LogP contribution >= 0.6 is 0 Å². The van der Waals surface area contributed by atoms with E-state index < -0.39 is 10.8 Å². The average molecular weight is 351 g/mol. The van der Waals surface area contributed by atoms with E-state index in [0.29, 0.717) is 0 Å². The Kier molecular flexibility index (Phi) is 5.42. The first-order valence-electron chi connectivity index (χ1n) is 9.28. The molecule has 0 aromatic carbocycles. The molecule has 24 heavy (non-hydrogen) atoms. The number of hydrogen-bond acceptors (Lipinski definition) is 5. The van der Waals surface area contributed by atoms with E-state index in [-0.39, 0.29) is 4.75 Å². The summed E-state index contributed by atoms with van der Waals surface area (Å²) in [6.45, 7) is 10.4. The van der Waals surface area contributed by atoms with Crippen molar-refractivity contribution in [3.05, 3.63) is 12.4 Å². The van der Waals surface area contributed by atoms with E-state index in [0.717, 1.165) is 62.3 Å². The Labute approximate surface area is 148 Å². The van der Waals surface area contributed by atoms with Gasteiger partial charge in [-0.15, -0.1) is 0 Å². The molecule has 5 nitrogen and oxygen atoms in total. The van der Waals surface area contributed by atoms with Gasteiger partial charge < -0.3 is 9.80 Å². The van der Waals surface area contributed by atoms with Crippen LogP contribution in [-0.4, -0.2) is 50.9 Å². The second-order valence-electron chi connectivity index (χ2n) is 7.29. The van der Waals surface area contributed by atoms with E-state index in [1.807, 2.05) is 0 Å². The molecule has 1 aromatic heterocycles. The van der Waals surface area contributed by atoms with E-state index in [2.05, 4.69) is 46.6 Å². The van der Waals surface area contributed by atoms with Crippen molar-refractivity contribution in [2.75, 3.05) is 41.7 Å². The van der Waals surface area contributed by atoms with Crippen LogP contribution in [0.1, 0.15) is 46.5 Å². The molecule has 2 aliphatic rings. The van der Waals surface area contributed by atoms with E-state index in [1.54, 1.807) is 6.33 Å². The molecule has 2 unspecified atom stereocenters. The van der Waals surface area contributed by atoms with Crippen LogP contribution in [0.2, 0.25) is 0 Å². The normalized spacial score (nSPS) is 27.3. The summed E-state index contributed by atoms with van der Waals surface area (Å²) in [5, 5.41) is 0. The molecule has 1 aromatic rings. The van der Waals surface area contributed by atoms with Gasteiger partial charge in [0, 0.05) is 48.8 Å². The van der Waals surface area contributed by atoms with Gasteiger partial charge in [0.05, 0.1) is 4.75 Å². The van der Waals surface area contributed by atoms with Crippen molar-refractivity contribution in [1.29, 1.82) is 0 Å². The number of anilines is 2. The highest BCUT2D eigenvalue weighted by molar-refractivity contribution is 7.86. The molecule has 0 N–H and O–H groups in total. The van der Waals surface area contributed by atoms with Crippen LogP contribution in [0.25, 0.3) is 0 Å². The van der Waals surface area contributed by atoms with Gasteiger partial charge in [-0.3, -0.25) is 4.21 Å². The zero-order valence-electron chi connectivity index (χ0n) is 15.2. The van der Waals surface area contributed by atoms with E-state index >= 15 is 0 Å². The van der Waals surface area contributed by atoms with Crippen molar-refractivity contribution in [2.24, 2.45) is 5.92 Å². The maximum Gasteiger partial charge on any atom is 0.134 e. The van der Waals surface area contributed by atoms with Crippen LogP contribution in [0.3, 0.4) is 0 Å². The van der Waals surface area contributed by atoms with Gasteiger partial charge in [-0.05, 0) is 31.6 Å². The van der Waals surface area contributed by atoms with E-state index in [9.17, 15) is 4.21 Å². The molecular formula is C18H30N4OS. The van der Waals surface area contributed by atoms with Crippen LogP contribution in [0.5, 0.6) is 0 Å². The topological polar surface area (TPSA) is 49.3 Å². The molecule has 0 saturated carbocycles. The summed E-state index contributed by atoms with van der Waals surface area (Å²) in [5.41, 5.74) is 0. The van der Waals surface area contributed by atoms with Gasteiger partial charge in [0.15, 0.2) is 0 Å². The summed E-state index contributed by atoms with van der Waals surface area (Å²) in [5.74, 6) is 3.49. The Morgan fingerprint density at radius 1 is 1.21 bits per heavy atom. The zero-order valence-corrected chi connectivity index (χ0v) is 16.0. The Morgan fingerprint density at radius 3 is 2.58 bits per heavy atom. The summed E-state index contributed by atoms with van der Waals surface area (Å²) in [6.07, 6.45) is 6.14. The summed E-state index contributed by atoms with van der Waals surface area (Å²) in [7, 11) is -0.741. The maximum atomic E-state index is 12.5. The van der Waals surface area contributed by atoms with Crippen LogP contribution in [0.4, 0.5) is 11.6 Å². The maximum absolute atomic E-state index is 12.5. The van der Waals surface area contributed by atoms with Crippen molar-refractivity contribution in [2.45, 2.75) is 51.2 Å². The Balaban J connectivity index is 1.80. The lowest BCUT2D eigenvalue weighted by Crippen LogP contribution is -2.53. The number of aromatic nitrogens is 2. The Hall–Kier alpha value is -1.17. The monoisotopic (exact) mass is 350 g/mol. The van der Waals surface area contributed by atoms with Gasteiger partial charge in [0.1, 0.15) is 18.0 Å². The van der Waals surface area contributed by atoms with E-state index in [1.165, 1.54) is 12.8 Å². The summed E-state index contributed by atoms with van der Waals surface area (Å²) in [4.78, 5) is 13.7. The van der Waals surface area contributed by atoms with Crippen molar-refractivity contribution >= 4 is 22.4 Å². The Bertz CT molecular complexity index is 590. The van der Waals surface area contributed by atoms with Crippen molar-refractivity contribution in [1.82, 2.24) is 9.97 Å². The fourth-order valence-electron chi connectivity index (χ4n) is 3.98. The largest absolute Gasteiger partial charge is 0.356 e. The van der Waals surface area contributed by atoms with Crippen LogP contribution < -0.4 is 9.80 Å². The molecule has 6 heteroatoms. The number of rotatable bonds is 4. The highest BCUT2D eigenvalue weighted by atomic mass is 32.2. The molecule has 0 spiro atoms. The predicted molar refractivity (Wildman–Crippen MR) is 101 cm³/mol. The third-order valence-corrected chi connectivity index (χ3v) is 7.97. The standard InChI is InChI=1S/C18H30N4OS/c1-4-18(5-2)13-22(9-10-24(18)23)17-11-16(19-14-20-17)21-8-6-7-15(3)12-21/h11,14-15H,4-10,12-13H2,1-3H3. The van der Waals surface area contributed by atoms with Crippen LogP contribution in [-0.2, 0) is 10.8 Å². The minimum Gasteiger partial charge on any atom is -0.356 e. The number of nitrogens with zero attached hydrogens (tertiary/aromatic N) is 4. The van der Waals surface area contributed by atoms with Crippen molar-refractivity contribution in [3.63, 3.8) is 0 Å². The fourth-order valence-corrected chi connectivity index (χ4v) is 5.74. The molecule has 0 aliphatic carbocycles.